The molecule has 0 aromatic heterocycles. The zero-order chi connectivity index (χ0) is 12.8. The highest BCUT2D eigenvalue weighted by Crippen LogP contribution is 2.27. The van der Waals surface area contributed by atoms with Crippen LogP contribution < -0.4 is 5.32 Å². The van der Waals surface area contributed by atoms with Crippen molar-refractivity contribution in [3.63, 3.8) is 0 Å². The van der Waals surface area contributed by atoms with Crippen molar-refractivity contribution in [3.8, 4) is 0 Å². The van der Waals surface area contributed by atoms with Crippen LogP contribution in [0, 0.1) is 5.92 Å². The summed E-state index contributed by atoms with van der Waals surface area (Å²) in [6.07, 6.45) is 6.68. The first-order chi connectivity index (χ1) is 8.74. The van der Waals surface area contributed by atoms with Crippen molar-refractivity contribution >= 4 is 17.4 Å². The molecule has 1 aliphatic rings. The molecule has 0 amide bonds. The average molecular weight is 271 g/mol. The molecule has 0 atom stereocenters. The summed E-state index contributed by atoms with van der Waals surface area (Å²) in [6.45, 7) is 1.00. The fourth-order valence-electron chi connectivity index (χ4n) is 2.41. The normalized spacial score (nSPS) is 17.1. The zero-order valence-electron chi connectivity index (χ0n) is 10.4. The van der Waals surface area contributed by atoms with E-state index < -0.39 is 5.76 Å². The van der Waals surface area contributed by atoms with Gasteiger partial charge in [0, 0.05) is 17.1 Å². The van der Waals surface area contributed by atoms with Crippen molar-refractivity contribution in [1.29, 1.82) is 0 Å². The first kappa shape index (κ1) is 13.7. The van der Waals surface area contributed by atoms with Crippen LogP contribution in [0.2, 0.25) is 0 Å². The van der Waals surface area contributed by atoms with E-state index in [-0.39, 0.29) is 0 Å². The number of nitrogens with one attached hydrogen (secondary N) is 1. The number of hydrogen-bond donors (Lipinski definition) is 1. The maximum Gasteiger partial charge on any atom is 0.288 e. The fourth-order valence-corrected chi connectivity index (χ4v) is 2.91. The summed E-state index contributed by atoms with van der Waals surface area (Å²) in [5, 5.41) is 3.40. The van der Waals surface area contributed by atoms with Crippen LogP contribution >= 0.6 is 11.8 Å². The molecule has 0 aliphatic heterocycles. The molecule has 0 radical (unpaired) electrons. The molecule has 0 heterocycles. The van der Waals surface area contributed by atoms with Gasteiger partial charge >= 0.3 is 0 Å². The van der Waals surface area contributed by atoms with E-state index in [0.717, 1.165) is 18.2 Å². The zero-order valence-corrected chi connectivity index (χ0v) is 11.2. The summed E-state index contributed by atoms with van der Waals surface area (Å²) in [4.78, 5) is 0.619. The van der Waals surface area contributed by atoms with Crippen molar-refractivity contribution in [2.75, 3.05) is 11.9 Å². The third-order valence-corrected chi connectivity index (χ3v) is 4.12. The summed E-state index contributed by atoms with van der Waals surface area (Å²) < 4.78 is 24.3. The van der Waals surface area contributed by atoms with Crippen LogP contribution in [0.1, 0.15) is 32.1 Å². The van der Waals surface area contributed by atoms with Crippen molar-refractivity contribution in [2.24, 2.45) is 5.92 Å². The highest BCUT2D eigenvalue weighted by atomic mass is 32.2. The second-order valence-corrected chi connectivity index (χ2v) is 5.85. The van der Waals surface area contributed by atoms with Crippen LogP contribution in [-0.4, -0.2) is 12.3 Å². The Morgan fingerprint density at radius 1 is 1.11 bits per heavy atom. The van der Waals surface area contributed by atoms with E-state index in [1.165, 1.54) is 32.1 Å². The van der Waals surface area contributed by atoms with Gasteiger partial charge in [0.15, 0.2) is 0 Å². The lowest BCUT2D eigenvalue weighted by Gasteiger charge is -2.22. The standard InChI is InChI=1S/C14H19F2NS/c15-14(16)18-13-8-6-12(7-9-13)17-10-11-4-2-1-3-5-11/h6-9,11,14,17H,1-5,10H2. The molecule has 1 N–H and O–H groups in total. The highest BCUT2D eigenvalue weighted by Gasteiger charge is 2.12. The number of halogens is 2. The van der Waals surface area contributed by atoms with Gasteiger partial charge in [-0.2, -0.15) is 8.78 Å². The Kier molecular flexibility index (Phi) is 5.29. The van der Waals surface area contributed by atoms with E-state index in [2.05, 4.69) is 5.32 Å². The van der Waals surface area contributed by atoms with Gasteiger partial charge in [0.2, 0.25) is 0 Å². The van der Waals surface area contributed by atoms with Gasteiger partial charge in [-0.1, -0.05) is 31.0 Å². The van der Waals surface area contributed by atoms with Crippen LogP contribution in [-0.2, 0) is 0 Å². The molecule has 1 saturated carbocycles. The van der Waals surface area contributed by atoms with E-state index in [9.17, 15) is 8.78 Å². The van der Waals surface area contributed by atoms with Gasteiger partial charge in [0.05, 0.1) is 0 Å². The topological polar surface area (TPSA) is 12.0 Å². The van der Waals surface area contributed by atoms with Crippen LogP contribution in [0.15, 0.2) is 29.2 Å². The third-order valence-electron chi connectivity index (χ3n) is 3.40. The SMILES string of the molecule is FC(F)Sc1ccc(NCC2CCCCC2)cc1. The van der Waals surface area contributed by atoms with E-state index in [1.54, 1.807) is 12.1 Å². The summed E-state index contributed by atoms with van der Waals surface area (Å²) in [5.41, 5.74) is 1.03. The van der Waals surface area contributed by atoms with Crippen LogP contribution in [0.25, 0.3) is 0 Å². The minimum absolute atomic E-state index is 0.592. The lowest BCUT2D eigenvalue weighted by molar-refractivity contribution is 0.252. The molecule has 0 spiro atoms. The van der Waals surface area contributed by atoms with Crippen molar-refractivity contribution < 1.29 is 8.78 Å². The molecule has 100 valence electrons. The molecule has 0 unspecified atom stereocenters. The van der Waals surface area contributed by atoms with Crippen LogP contribution in [0.3, 0.4) is 0 Å². The lowest BCUT2D eigenvalue weighted by Crippen LogP contribution is -2.16. The monoisotopic (exact) mass is 271 g/mol. The van der Waals surface area contributed by atoms with Gasteiger partial charge < -0.3 is 5.32 Å². The molecular weight excluding hydrogens is 252 g/mol. The molecule has 1 aromatic rings. The number of anilines is 1. The molecule has 0 saturated heterocycles. The maximum absolute atomic E-state index is 12.2. The molecule has 18 heavy (non-hydrogen) atoms. The van der Waals surface area contributed by atoms with Gasteiger partial charge in [-0.15, -0.1) is 0 Å². The molecule has 4 heteroatoms. The minimum Gasteiger partial charge on any atom is -0.385 e. The van der Waals surface area contributed by atoms with E-state index in [4.69, 9.17) is 0 Å². The highest BCUT2D eigenvalue weighted by molar-refractivity contribution is 7.99. The minimum atomic E-state index is -2.34. The maximum atomic E-state index is 12.2. The largest absolute Gasteiger partial charge is 0.385 e. The summed E-state index contributed by atoms with van der Waals surface area (Å²) in [5.74, 6) is -1.57. The predicted octanol–water partition coefficient (Wildman–Crippen LogP) is 4.99. The molecule has 1 aliphatic carbocycles. The Morgan fingerprint density at radius 3 is 2.39 bits per heavy atom. The Bertz CT molecular complexity index is 347. The quantitative estimate of drug-likeness (QED) is 0.757. The number of hydrogen-bond acceptors (Lipinski definition) is 2. The number of rotatable bonds is 5. The molecule has 0 bridgehead atoms. The van der Waals surface area contributed by atoms with Crippen molar-refractivity contribution in [3.05, 3.63) is 24.3 Å². The van der Waals surface area contributed by atoms with Crippen molar-refractivity contribution in [2.45, 2.75) is 42.8 Å². The second-order valence-electron chi connectivity index (χ2n) is 4.79. The van der Waals surface area contributed by atoms with E-state index in [0.29, 0.717) is 16.7 Å². The summed E-state index contributed by atoms with van der Waals surface area (Å²) in [6, 6.07) is 7.27. The summed E-state index contributed by atoms with van der Waals surface area (Å²) >= 11 is 0.592. The third kappa shape index (κ3) is 4.48. The first-order valence-corrected chi connectivity index (χ1v) is 7.41. The van der Waals surface area contributed by atoms with Gasteiger partial charge in [-0.3, -0.25) is 0 Å². The Labute approximate surface area is 111 Å². The number of alkyl halides is 2. The van der Waals surface area contributed by atoms with E-state index in [1.807, 2.05) is 12.1 Å². The molecular formula is C14H19F2NS. The first-order valence-electron chi connectivity index (χ1n) is 6.53. The molecule has 1 aromatic carbocycles. The Balaban J connectivity index is 1.78. The average Bonchev–Trinajstić information content (AvgIpc) is 2.38. The second kappa shape index (κ2) is 6.98. The lowest BCUT2D eigenvalue weighted by atomic mass is 9.89. The van der Waals surface area contributed by atoms with Crippen molar-refractivity contribution in [1.82, 2.24) is 0 Å². The predicted molar refractivity (Wildman–Crippen MR) is 73.4 cm³/mol. The van der Waals surface area contributed by atoms with Gasteiger partial charge in [-0.25, -0.2) is 0 Å². The van der Waals surface area contributed by atoms with Gasteiger partial charge in [0.25, 0.3) is 5.76 Å². The Morgan fingerprint density at radius 2 is 1.78 bits per heavy atom. The smallest absolute Gasteiger partial charge is 0.288 e. The molecule has 1 nitrogen and oxygen atoms in total. The summed E-state index contributed by atoms with van der Waals surface area (Å²) in [7, 11) is 0. The Hall–Kier alpha value is -0.770. The van der Waals surface area contributed by atoms with E-state index >= 15 is 0 Å². The fraction of sp³-hybridized carbons (Fsp3) is 0.571. The van der Waals surface area contributed by atoms with Crippen LogP contribution in [0.5, 0.6) is 0 Å². The number of thioether (sulfide) groups is 1. The number of benzene rings is 1. The van der Waals surface area contributed by atoms with Gasteiger partial charge in [-0.05, 0) is 43.0 Å². The molecule has 1 fully saturated rings. The van der Waals surface area contributed by atoms with Crippen LogP contribution in [0.4, 0.5) is 14.5 Å². The molecule has 2 rings (SSSR count). The van der Waals surface area contributed by atoms with Gasteiger partial charge in [0.1, 0.15) is 0 Å².